The van der Waals surface area contributed by atoms with Gasteiger partial charge in [-0.1, -0.05) is 18.2 Å². The van der Waals surface area contributed by atoms with Crippen molar-refractivity contribution in [1.82, 2.24) is 0 Å². The minimum absolute atomic E-state index is 0.0606. The summed E-state index contributed by atoms with van der Waals surface area (Å²) in [7, 11) is 2.94. The summed E-state index contributed by atoms with van der Waals surface area (Å²) in [5, 5.41) is 2.82. The summed E-state index contributed by atoms with van der Waals surface area (Å²) in [5.74, 6) is -0.770. The van der Waals surface area contributed by atoms with Crippen LogP contribution < -0.4 is 5.32 Å². The van der Waals surface area contributed by atoms with Crippen molar-refractivity contribution >= 4 is 17.6 Å². The maximum atomic E-state index is 12.3. The molecular formula is C18H19NO4. The standard InChI is InChI=1S/C18H19NO4/c1-12(22-2)13-6-5-9-16(11-13)19-17(20)14-7-4-8-15(10-14)18(21)23-3/h4-12H,1-3H3,(H,19,20)/t12-/m0/s1. The van der Waals surface area contributed by atoms with E-state index in [1.807, 2.05) is 25.1 Å². The highest BCUT2D eigenvalue weighted by Gasteiger charge is 2.11. The molecule has 0 spiro atoms. The Morgan fingerprint density at radius 3 is 2.39 bits per heavy atom. The monoisotopic (exact) mass is 313 g/mol. The van der Waals surface area contributed by atoms with E-state index in [0.717, 1.165) is 5.56 Å². The number of methoxy groups -OCH3 is 2. The molecule has 1 N–H and O–H groups in total. The number of amides is 1. The second kappa shape index (κ2) is 7.56. The summed E-state index contributed by atoms with van der Waals surface area (Å²) in [4.78, 5) is 23.9. The predicted octanol–water partition coefficient (Wildman–Crippen LogP) is 3.43. The Bertz CT molecular complexity index is 712. The molecule has 1 atom stereocenters. The molecule has 1 amide bonds. The van der Waals surface area contributed by atoms with Crippen molar-refractivity contribution in [3.8, 4) is 0 Å². The molecule has 0 aromatic heterocycles. The van der Waals surface area contributed by atoms with Crippen molar-refractivity contribution in [2.24, 2.45) is 0 Å². The first-order valence-electron chi connectivity index (χ1n) is 7.17. The lowest BCUT2D eigenvalue weighted by Crippen LogP contribution is -2.13. The highest BCUT2D eigenvalue weighted by atomic mass is 16.5. The third kappa shape index (κ3) is 4.17. The van der Waals surface area contributed by atoms with Gasteiger partial charge < -0.3 is 14.8 Å². The van der Waals surface area contributed by atoms with Gasteiger partial charge in [0.25, 0.3) is 5.91 Å². The quantitative estimate of drug-likeness (QED) is 0.859. The van der Waals surface area contributed by atoms with Gasteiger partial charge in [-0.15, -0.1) is 0 Å². The van der Waals surface area contributed by atoms with Crippen LogP contribution in [-0.4, -0.2) is 26.1 Å². The SMILES string of the molecule is COC(=O)c1cccc(C(=O)Nc2cccc([C@H](C)OC)c2)c1. The first kappa shape index (κ1) is 16.7. The van der Waals surface area contributed by atoms with Gasteiger partial charge in [-0.2, -0.15) is 0 Å². The molecule has 0 radical (unpaired) electrons. The Morgan fingerprint density at radius 1 is 1.00 bits per heavy atom. The molecule has 0 fully saturated rings. The molecule has 5 heteroatoms. The predicted molar refractivity (Wildman–Crippen MR) is 87.6 cm³/mol. The van der Waals surface area contributed by atoms with E-state index in [2.05, 4.69) is 10.1 Å². The van der Waals surface area contributed by atoms with Gasteiger partial charge in [0.05, 0.1) is 18.8 Å². The molecule has 2 aromatic rings. The van der Waals surface area contributed by atoms with E-state index >= 15 is 0 Å². The number of carbonyl (C=O) groups is 2. The second-order valence-corrected chi connectivity index (χ2v) is 5.03. The van der Waals surface area contributed by atoms with Gasteiger partial charge in [-0.05, 0) is 42.8 Å². The van der Waals surface area contributed by atoms with E-state index in [0.29, 0.717) is 16.8 Å². The number of esters is 1. The third-order valence-corrected chi connectivity index (χ3v) is 3.51. The third-order valence-electron chi connectivity index (χ3n) is 3.51. The smallest absolute Gasteiger partial charge is 0.337 e. The average molecular weight is 313 g/mol. The number of rotatable bonds is 5. The normalized spacial score (nSPS) is 11.6. The lowest BCUT2D eigenvalue weighted by atomic mass is 10.1. The average Bonchev–Trinajstić information content (AvgIpc) is 2.60. The molecule has 0 aliphatic heterocycles. The molecule has 23 heavy (non-hydrogen) atoms. The summed E-state index contributed by atoms with van der Waals surface area (Å²) < 4.78 is 9.93. The van der Waals surface area contributed by atoms with Crippen LogP contribution >= 0.6 is 0 Å². The molecule has 5 nitrogen and oxygen atoms in total. The van der Waals surface area contributed by atoms with Gasteiger partial charge in [0.15, 0.2) is 0 Å². The molecule has 0 saturated heterocycles. The molecule has 0 saturated carbocycles. The van der Waals surface area contributed by atoms with Crippen molar-refractivity contribution in [3.05, 3.63) is 65.2 Å². The highest BCUT2D eigenvalue weighted by molar-refractivity contribution is 6.05. The van der Waals surface area contributed by atoms with E-state index < -0.39 is 5.97 Å². The Morgan fingerprint density at radius 2 is 1.70 bits per heavy atom. The molecular weight excluding hydrogens is 294 g/mol. The van der Waals surface area contributed by atoms with Crippen LogP contribution in [-0.2, 0) is 9.47 Å². The van der Waals surface area contributed by atoms with Crippen LogP contribution in [0.25, 0.3) is 0 Å². The maximum Gasteiger partial charge on any atom is 0.337 e. The van der Waals surface area contributed by atoms with Crippen molar-refractivity contribution in [3.63, 3.8) is 0 Å². The van der Waals surface area contributed by atoms with Crippen LogP contribution in [0.2, 0.25) is 0 Å². The Balaban J connectivity index is 2.18. The van der Waals surface area contributed by atoms with Gasteiger partial charge in [-0.3, -0.25) is 4.79 Å². The van der Waals surface area contributed by atoms with Gasteiger partial charge in [-0.25, -0.2) is 4.79 Å². The number of hydrogen-bond donors (Lipinski definition) is 1. The summed E-state index contributed by atoms with van der Waals surface area (Å²) in [6, 6.07) is 13.8. The summed E-state index contributed by atoms with van der Waals surface area (Å²) in [6.07, 6.45) is -0.0606. The van der Waals surface area contributed by atoms with Crippen LogP contribution in [0, 0.1) is 0 Å². The van der Waals surface area contributed by atoms with Crippen LogP contribution in [0.3, 0.4) is 0 Å². The number of carbonyl (C=O) groups excluding carboxylic acids is 2. The molecule has 2 rings (SSSR count). The van der Waals surface area contributed by atoms with E-state index in [9.17, 15) is 9.59 Å². The van der Waals surface area contributed by atoms with Crippen LogP contribution in [0.1, 0.15) is 39.3 Å². The molecule has 0 aliphatic rings. The zero-order valence-corrected chi connectivity index (χ0v) is 13.3. The van der Waals surface area contributed by atoms with E-state index in [-0.39, 0.29) is 12.0 Å². The fourth-order valence-corrected chi connectivity index (χ4v) is 2.11. The molecule has 0 heterocycles. The summed E-state index contributed by atoms with van der Waals surface area (Å²) in [5.41, 5.74) is 2.36. The minimum Gasteiger partial charge on any atom is -0.465 e. The highest BCUT2D eigenvalue weighted by Crippen LogP contribution is 2.20. The Labute approximate surface area is 135 Å². The topological polar surface area (TPSA) is 64.6 Å². The summed E-state index contributed by atoms with van der Waals surface area (Å²) >= 11 is 0. The fourth-order valence-electron chi connectivity index (χ4n) is 2.11. The van der Waals surface area contributed by atoms with Crippen LogP contribution in [0.4, 0.5) is 5.69 Å². The van der Waals surface area contributed by atoms with Crippen LogP contribution in [0.15, 0.2) is 48.5 Å². The Kier molecular flexibility index (Phi) is 5.49. The van der Waals surface area contributed by atoms with Crippen molar-refractivity contribution in [2.75, 3.05) is 19.5 Å². The van der Waals surface area contributed by atoms with Gasteiger partial charge in [0.2, 0.25) is 0 Å². The van der Waals surface area contributed by atoms with E-state index in [1.54, 1.807) is 31.4 Å². The van der Waals surface area contributed by atoms with Gasteiger partial charge >= 0.3 is 5.97 Å². The van der Waals surface area contributed by atoms with Crippen molar-refractivity contribution in [2.45, 2.75) is 13.0 Å². The Hall–Kier alpha value is -2.66. The first-order valence-corrected chi connectivity index (χ1v) is 7.17. The van der Waals surface area contributed by atoms with Crippen molar-refractivity contribution < 1.29 is 19.1 Å². The molecule has 0 unspecified atom stereocenters. The van der Waals surface area contributed by atoms with E-state index in [1.165, 1.54) is 13.2 Å². The molecule has 2 aromatic carbocycles. The molecule has 120 valence electrons. The maximum absolute atomic E-state index is 12.3. The number of benzene rings is 2. The zero-order chi connectivity index (χ0) is 16.8. The first-order chi connectivity index (χ1) is 11.0. The largest absolute Gasteiger partial charge is 0.465 e. The zero-order valence-electron chi connectivity index (χ0n) is 13.3. The van der Waals surface area contributed by atoms with E-state index in [4.69, 9.17) is 4.74 Å². The number of nitrogens with one attached hydrogen (secondary N) is 1. The second-order valence-electron chi connectivity index (χ2n) is 5.03. The lowest BCUT2D eigenvalue weighted by Gasteiger charge is -2.12. The van der Waals surface area contributed by atoms with Crippen LogP contribution in [0.5, 0.6) is 0 Å². The van der Waals surface area contributed by atoms with Gasteiger partial charge in [0.1, 0.15) is 0 Å². The number of hydrogen-bond acceptors (Lipinski definition) is 4. The summed E-state index contributed by atoms with van der Waals surface area (Å²) in [6.45, 7) is 1.93. The fraction of sp³-hybridized carbons (Fsp3) is 0.222. The number of anilines is 1. The lowest BCUT2D eigenvalue weighted by molar-refractivity contribution is 0.0600. The number of ether oxygens (including phenoxy) is 2. The van der Waals surface area contributed by atoms with Crippen molar-refractivity contribution in [1.29, 1.82) is 0 Å². The van der Waals surface area contributed by atoms with Gasteiger partial charge in [0, 0.05) is 18.4 Å². The minimum atomic E-state index is -0.476. The molecule has 0 bridgehead atoms. The molecule has 0 aliphatic carbocycles.